The summed E-state index contributed by atoms with van der Waals surface area (Å²) in [5.41, 5.74) is 0.567. The molecule has 23 heavy (non-hydrogen) atoms. The van der Waals surface area contributed by atoms with E-state index in [2.05, 4.69) is 15.3 Å². The van der Waals surface area contributed by atoms with Crippen LogP contribution >= 0.6 is 11.3 Å². The smallest absolute Gasteiger partial charge is 0.282 e. The van der Waals surface area contributed by atoms with Gasteiger partial charge in [-0.2, -0.15) is 0 Å². The number of carbonyl (C=O) groups excluding carboxylic acids is 1. The van der Waals surface area contributed by atoms with Gasteiger partial charge < -0.3 is 10.1 Å². The van der Waals surface area contributed by atoms with Crippen LogP contribution in [0.4, 0.5) is 5.69 Å². The van der Waals surface area contributed by atoms with Crippen LogP contribution in [0.5, 0.6) is 5.88 Å². The Labute approximate surface area is 135 Å². The number of carbonyl (C=O) groups is 1. The molecule has 0 aliphatic rings. The van der Waals surface area contributed by atoms with Crippen LogP contribution in [0.2, 0.25) is 0 Å². The number of fused-ring (bicyclic) bond motifs is 1. The molecule has 0 aliphatic heterocycles. The first-order chi connectivity index (χ1) is 11.1. The molecular weight excluding hydrogens is 316 g/mol. The molecule has 118 valence electrons. The second kappa shape index (κ2) is 6.17. The fourth-order valence-electron chi connectivity index (χ4n) is 2.12. The quantitative estimate of drug-likeness (QED) is 0.792. The lowest BCUT2D eigenvalue weighted by Gasteiger charge is -2.10. The minimum Gasteiger partial charge on any atom is -0.477 e. The molecule has 8 heteroatoms. The number of thiazole rings is 1. The molecular formula is C15H14N4O3S. The average molecular weight is 330 g/mol. The third-order valence-corrected chi connectivity index (χ3v) is 3.94. The van der Waals surface area contributed by atoms with Crippen LogP contribution in [0.1, 0.15) is 23.0 Å². The van der Waals surface area contributed by atoms with Gasteiger partial charge >= 0.3 is 0 Å². The highest BCUT2D eigenvalue weighted by atomic mass is 32.1. The number of nitrogens with one attached hydrogen (secondary N) is 1. The minimum absolute atomic E-state index is 0.150. The second-order valence-corrected chi connectivity index (χ2v) is 5.55. The van der Waals surface area contributed by atoms with Crippen molar-refractivity contribution < 1.29 is 9.53 Å². The molecule has 0 spiro atoms. The lowest BCUT2D eigenvalue weighted by molar-refractivity contribution is 0.102. The molecule has 3 heterocycles. The van der Waals surface area contributed by atoms with Crippen LogP contribution in [0, 0.1) is 6.92 Å². The molecule has 3 rings (SSSR count). The molecule has 0 aromatic carbocycles. The van der Waals surface area contributed by atoms with E-state index in [4.69, 9.17) is 4.74 Å². The molecule has 0 saturated carbocycles. The molecule has 0 radical (unpaired) electrons. The molecule has 0 aliphatic carbocycles. The van der Waals surface area contributed by atoms with Gasteiger partial charge in [-0.3, -0.25) is 14.0 Å². The Kier molecular flexibility index (Phi) is 4.07. The van der Waals surface area contributed by atoms with E-state index in [1.165, 1.54) is 15.7 Å². The highest BCUT2D eigenvalue weighted by molar-refractivity contribution is 7.15. The van der Waals surface area contributed by atoms with Gasteiger partial charge in [-0.25, -0.2) is 9.97 Å². The van der Waals surface area contributed by atoms with E-state index in [-0.39, 0.29) is 22.7 Å². The monoisotopic (exact) mass is 330 g/mol. The maximum atomic E-state index is 12.5. The van der Waals surface area contributed by atoms with Crippen molar-refractivity contribution in [3.63, 3.8) is 0 Å². The highest BCUT2D eigenvalue weighted by Gasteiger charge is 2.18. The first-order valence-electron chi connectivity index (χ1n) is 6.97. The van der Waals surface area contributed by atoms with E-state index in [1.54, 1.807) is 43.8 Å². The molecule has 1 amide bonds. The Bertz CT molecular complexity index is 932. The fourth-order valence-corrected chi connectivity index (χ4v) is 2.87. The summed E-state index contributed by atoms with van der Waals surface area (Å²) in [5.74, 6) is -0.228. The van der Waals surface area contributed by atoms with Crippen molar-refractivity contribution in [1.29, 1.82) is 0 Å². The van der Waals surface area contributed by atoms with Crippen molar-refractivity contribution in [3.05, 3.63) is 51.5 Å². The Morgan fingerprint density at radius 2 is 2.30 bits per heavy atom. The van der Waals surface area contributed by atoms with Gasteiger partial charge in [0, 0.05) is 17.8 Å². The average Bonchev–Trinajstić information content (AvgIpc) is 3.00. The van der Waals surface area contributed by atoms with E-state index in [1.807, 2.05) is 0 Å². The van der Waals surface area contributed by atoms with Crippen molar-refractivity contribution in [3.8, 4) is 5.88 Å². The van der Waals surface area contributed by atoms with Gasteiger partial charge in [-0.1, -0.05) is 0 Å². The predicted octanol–water partition coefficient (Wildman–Crippen LogP) is 2.11. The molecule has 7 nitrogen and oxygen atoms in total. The van der Waals surface area contributed by atoms with Crippen LogP contribution < -0.4 is 15.6 Å². The first kappa shape index (κ1) is 15.2. The normalized spacial score (nSPS) is 10.7. The molecule has 0 bridgehead atoms. The zero-order valence-electron chi connectivity index (χ0n) is 12.6. The van der Waals surface area contributed by atoms with E-state index in [0.29, 0.717) is 17.3 Å². The largest absolute Gasteiger partial charge is 0.477 e. The Morgan fingerprint density at radius 1 is 1.48 bits per heavy atom. The third kappa shape index (κ3) is 2.80. The summed E-state index contributed by atoms with van der Waals surface area (Å²) in [5, 5.41) is 4.39. The first-order valence-corrected chi connectivity index (χ1v) is 7.85. The lowest BCUT2D eigenvalue weighted by atomic mass is 10.2. The van der Waals surface area contributed by atoms with E-state index in [9.17, 15) is 9.59 Å². The molecule has 3 aromatic heterocycles. The number of hydrogen-bond donors (Lipinski definition) is 1. The summed E-state index contributed by atoms with van der Waals surface area (Å²) >= 11 is 1.36. The standard InChI is InChI=1S/C15H14N4O3S/c1-3-22-13-10(5-4-6-16-13)12(20)18-11-9(2)17-15-19(14(11)21)7-8-23-15/h4-8H,3H2,1-2H3,(H,18,20). The van der Waals surface area contributed by atoms with Crippen LogP contribution in [-0.4, -0.2) is 26.9 Å². The number of anilines is 1. The summed E-state index contributed by atoms with van der Waals surface area (Å²) < 4.78 is 6.75. The Balaban J connectivity index is 1.99. The van der Waals surface area contributed by atoms with Gasteiger partial charge in [0.05, 0.1) is 12.3 Å². The van der Waals surface area contributed by atoms with Gasteiger partial charge in [0.15, 0.2) is 4.96 Å². The van der Waals surface area contributed by atoms with Crippen molar-refractivity contribution in [2.75, 3.05) is 11.9 Å². The topological polar surface area (TPSA) is 85.6 Å². The number of aromatic nitrogens is 3. The Hall–Kier alpha value is -2.74. The number of rotatable bonds is 4. The van der Waals surface area contributed by atoms with Crippen molar-refractivity contribution in [2.45, 2.75) is 13.8 Å². The van der Waals surface area contributed by atoms with Crippen molar-refractivity contribution in [1.82, 2.24) is 14.4 Å². The SMILES string of the molecule is CCOc1ncccc1C(=O)Nc1c(C)nc2sccn2c1=O. The number of ether oxygens (including phenoxy) is 1. The zero-order valence-corrected chi connectivity index (χ0v) is 13.4. The maximum Gasteiger partial charge on any atom is 0.282 e. The summed E-state index contributed by atoms with van der Waals surface area (Å²) in [6.45, 7) is 3.88. The zero-order chi connectivity index (χ0) is 16.4. The van der Waals surface area contributed by atoms with Crippen LogP contribution in [-0.2, 0) is 0 Å². The predicted molar refractivity (Wildman–Crippen MR) is 87.4 cm³/mol. The van der Waals surface area contributed by atoms with Gasteiger partial charge in [-0.15, -0.1) is 11.3 Å². The second-order valence-electron chi connectivity index (χ2n) is 4.68. The van der Waals surface area contributed by atoms with Crippen LogP contribution in [0.15, 0.2) is 34.7 Å². The number of nitrogens with zero attached hydrogens (tertiary/aromatic N) is 3. The van der Waals surface area contributed by atoms with Crippen LogP contribution in [0.25, 0.3) is 4.96 Å². The van der Waals surface area contributed by atoms with Gasteiger partial charge in [0.25, 0.3) is 11.5 Å². The maximum absolute atomic E-state index is 12.5. The molecule has 0 fully saturated rings. The Morgan fingerprint density at radius 3 is 3.09 bits per heavy atom. The fraction of sp³-hybridized carbons (Fsp3) is 0.200. The van der Waals surface area contributed by atoms with E-state index in [0.717, 1.165) is 0 Å². The van der Waals surface area contributed by atoms with Crippen LogP contribution in [0.3, 0.4) is 0 Å². The molecule has 3 aromatic rings. The summed E-state index contributed by atoms with van der Waals surface area (Å²) in [4.78, 5) is 33.9. The number of hydrogen-bond acceptors (Lipinski definition) is 6. The van der Waals surface area contributed by atoms with Gasteiger partial charge in [-0.05, 0) is 26.0 Å². The summed E-state index contributed by atoms with van der Waals surface area (Å²) in [6, 6.07) is 3.23. The molecule has 0 atom stereocenters. The molecule has 0 saturated heterocycles. The molecule has 0 unspecified atom stereocenters. The minimum atomic E-state index is -0.460. The lowest BCUT2D eigenvalue weighted by Crippen LogP contribution is -2.24. The molecule has 1 N–H and O–H groups in total. The van der Waals surface area contributed by atoms with Gasteiger partial charge in [0.1, 0.15) is 11.3 Å². The summed E-state index contributed by atoms with van der Waals surface area (Å²) in [7, 11) is 0. The van der Waals surface area contributed by atoms with E-state index >= 15 is 0 Å². The van der Waals surface area contributed by atoms with Gasteiger partial charge in [0.2, 0.25) is 5.88 Å². The third-order valence-electron chi connectivity index (χ3n) is 3.18. The van der Waals surface area contributed by atoms with Crippen molar-refractivity contribution in [2.24, 2.45) is 0 Å². The number of amides is 1. The number of pyridine rings is 1. The van der Waals surface area contributed by atoms with Crippen molar-refractivity contribution >= 4 is 27.9 Å². The number of aryl methyl sites for hydroxylation is 1. The van der Waals surface area contributed by atoms with E-state index < -0.39 is 5.91 Å². The highest BCUT2D eigenvalue weighted by Crippen LogP contribution is 2.18. The summed E-state index contributed by atoms with van der Waals surface area (Å²) in [6.07, 6.45) is 3.17.